The average molecular weight is 285 g/mol. The van der Waals surface area contributed by atoms with E-state index in [0.717, 1.165) is 17.4 Å². The highest BCUT2D eigenvalue weighted by Gasteiger charge is 2.38. The summed E-state index contributed by atoms with van der Waals surface area (Å²) in [6, 6.07) is 7.10. The molecule has 1 aromatic carbocycles. The van der Waals surface area contributed by atoms with Crippen LogP contribution in [0.3, 0.4) is 0 Å². The minimum absolute atomic E-state index is 0.0728. The Labute approximate surface area is 113 Å². The lowest BCUT2D eigenvalue weighted by atomic mass is 10.1. The molecule has 0 radical (unpaired) electrons. The van der Waals surface area contributed by atoms with Crippen LogP contribution in [-0.4, -0.2) is 30.4 Å². The van der Waals surface area contributed by atoms with E-state index in [1.807, 2.05) is 0 Å². The van der Waals surface area contributed by atoms with E-state index in [0.29, 0.717) is 0 Å². The van der Waals surface area contributed by atoms with Gasteiger partial charge in [-0.15, -0.1) is 0 Å². The number of carbonyl (C=O) groups excluding carboxylic acids is 1. The molecule has 5 nitrogen and oxygen atoms in total. The molecule has 1 amide bonds. The second kappa shape index (κ2) is 5.71. The summed E-state index contributed by atoms with van der Waals surface area (Å²) in [5, 5.41) is 11.6. The molecule has 0 unspecified atom stereocenters. The number of hydrogen-bond donors (Lipinski definition) is 2. The van der Waals surface area contributed by atoms with E-state index >= 15 is 0 Å². The normalized spacial score (nSPS) is 12.2. The van der Waals surface area contributed by atoms with E-state index in [2.05, 4.69) is 5.32 Å². The average Bonchev–Trinajstić information content (AvgIpc) is 2.34. The maximum absolute atomic E-state index is 11.9. The minimum atomic E-state index is -3.47. The van der Waals surface area contributed by atoms with Gasteiger partial charge in [0.05, 0.1) is 6.61 Å². The molecule has 0 aromatic heterocycles. The molecule has 0 atom stereocenters. The Bertz CT molecular complexity index is 564. The van der Waals surface area contributed by atoms with Crippen LogP contribution in [0.1, 0.15) is 25.0 Å². The molecular formula is C13H19NO4S. The summed E-state index contributed by atoms with van der Waals surface area (Å²) in [5.74, 6) is -0.538. The Morgan fingerprint density at radius 2 is 1.89 bits per heavy atom. The third-order valence-corrected chi connectivity index (χ3v) is 5.14. The van der Waals surface area contributed by atoms with Gasteiger partial charge in [-0.2, -0.15) is 0 Å². The van der Waals surface area contributed by atoms with E-state index < -0.39 is 20.5 Å². The van der Waals surface area contributed by atoms with E-state index in [4.69, 9.17) is 5.11 Å². The zero-order valence-corrected chi connectivity index (χ0v) is 12.1. The first-order valence-corrected chi connectivity index (χ1v) is 7.74. The van der Waals surface area contributed by atoms with Gasteiger partial charge in [-0.1, -0.05) is 24.3 Å². The number of benzene rings is 1. The molecule has 0 aliphatic carbocycles. The number of sulfone groups is 1. The van der Waals surface area contributed by atoms with Crippen molar-refractivity contribution < 1.29 is 18.3 Å². The van der Waals surface area contributed by atoms with Crippen molar-refractivity contribution in [3.05, 3.63) is 35.4 Å². The molecular weight excluding hydrogens is 266 g/mol. The van der Waals surface area contributed by atoms with Crippen molar-refractivity contribution >= 4 is 15.7 Å². The lowest BCUT2D eigenvalue weighted by molar-refractivity contribution is -0.123. The largest absolute Gasteiger partial charge is 0.392 e. The Morgan fingerprint density at radius 1 is 1.32 bits per heavy atom. The SMILES string of the molecule is CC(C)(C(=O)NCc1cccc(CO)c1)S(C)(=O)=O. The topological polar surface area (TPSA) is 83.5 Å². The molecule has 0 aliphatic heterocycles. The number of aliphatic hydroxyl groups is 1. The summed E-state index contributed by atoms with van der Waals surface area (Å²) in [4.78, 5) is 11.9. The molecule has 0 heterocycles. The van der Waals surface area contributed by atoms with Gasteiger partial charge in [-0.3, -0.25) is 4.79 Å². The van der Waals surface area contributed by atoms with Crippen molar-refractivity contribution in [2.24, 2.45) is 0 Å². The molecule has 6 heteroatoms. The predicted octanol–water partition coefficient (Wildman–Crippen LogP) is 0.618. The van der Waals surface area contributed by atoms with Crippen molar-refractivity contribution in [1.29, 1.82) is 0 Å². The Morgan fingerprint density at radius 3 is 2.42 bits per heavy atom. The summed E-state index contributed by atoms with van der Waals surface area (Å²) >= 11 is 0. The summed E-state index contributed by atoms with van der Waals surface area (Å²) in [6.07, 6.45) is 1.04. The van der Waals surface area contributed by atoms with Crippen LogP contribution in [0.25, 0.3) is 0 Å². The van der Waals surface area contributed by atoms with E-state index in [1.165, 1.54) is 13.8 Å². The zero-order valence-electron chi connectivity index (χ0n) is 11.3. The van der Waals surface area contributed by atoms with Crippen LogP contribution in [0.15, 0.2) is 24.3 Å². The van der Waals surface area contributed by atoms with Crippen LogP contribution < -0.4 is 5.32 Å². The minimum Gasteiger partial charge on any atom is -0.392 e. The monoisotopic (exact) mass is 285 g/mol. The summed E-state index contributed by atoms with van der Waals surface area (Å²) in [7, 11) is -3.47. The van der Waals surface area contributed by atoms with Crippen LogP contribution in [0, 0.1) is 0 Å². The Hall–Kier alpha value is -1.40. The van der Waals surface area contributed by atoms with E-state index in [-0.39, 0.29) is 13.2 Å². The van der Waals surface area contributed by atoms with Gasteiger partial charge in [0.25, 0.3) is 0 Å². The standard InChI is InChI=1S/C13H19NO4S/c1-13(2,19(3,17)18)12(16)14-8-10-5-4-6-11(7-10)9-15/h4-7,15H,8-9H2,1-3H3,(H,14,16). The highest BCUT2D eigenvalue weighted by molar-refractivity contribution is 7.92. The molecule has 0 saturated carbocycles. The summed E-state index contributed by atoms with van der Waals surface area (Å²) < 4.78 is 21.6. The van der Waals surface area contributed by atoms with Crippen LogP contribution in [0.2, 0.25) is 0 Å². The Balaban J connectivity index is 2.74. The van der Waals surface area contributed by atoms with E-state index in [1.54, 1.807) is 24.3 Å². The van der Waals surface area contributed by atoms with Gasteiger partial charge in [-0.25, -0.2) is 8.42 Å². The lowest BCUT2D eigenvalue weighted by Gasteiger charge is -2.21. The van der Waals surface area contributed by atoms with Gasteiger partial charge >= 0.3 is 0 Å². The maximum Gasteiger partial charge on any atom is 0.241 e. The smallest absolute Gasteiger partial charge is 0.241 e. The van der Waals surface area contributed by atoms with Crippen LogP contribution in [0.5, 0.6) is 0 Å². The second-order valence-corrected chi connectivity index (χ2v) is 7.51. The first-order valence-electron chi connectivity index (χ1n) is 5.85. The molecule has 0 saturated heterocycles. The number of rotatable bonds is 5. The third kappa shape index (κ3) is 3.78. The van der Waals surface area contributed by atoms with Gasteiger partial charge in [0, 0.05) is 12.8 Å². The van der Waals surface area contributed by atoms with Crippen LogP contribution in [0.4, 0.5) is 0 Å². The van der Waals surface area contributed by atoms with Gasteiger partial charge in [0.2, 0.25) is 5.91 Å². The van der Waals surface area contributed by atoms with Gasteiger partial charge < -0.3 is 10.4 Å². The molecule has 0 aliphatic rings. The number of aliphatic hydroxyl groups excluding tert-OH is 1. The molecule has 0 fully saturated rings. The first-order chi connectivity index (χ1) is 8.68. The van der Waals surface area contributed by atoms with Crippen molar-refractivity contribution in [3.63, 3.8) is 0 Å². The Kier molecular flexibility index (Phi) is 4.70. The molecule has 1 rings (SSSR count). The van der Waals surface area contributed by atoms with Gasteiger partial charge in [0.15, 0.2) is 9.84 Å². The molecule has 19 heavy (non-hydrogen) atoms. The fraction of sp³-hybridized carbons (Fsp3) is 0.462. The van der Waals surface area contributed by atoms with Crippen molar-refractivity contribution in [3.8, 4) is 0 Å². The van der Waals surface area contributed by atoms with Gasteiger partial charge in [0.1, 0.15) is 4.75 Å². The van der Waals surface area contributed by atoms with Crippen molar-refractivity contribution in [2.75, 3.05) is 6.26 Å². The fourth-order valence-corrected chi connectivity index (χ4v) is 1.81. The summed E-state index contributed by atoms with van der Waals surface area (Å²) in [6.45, 7) is 2.91. The maximum atomic E-state index is 11.9. The highest BCUT2D eigenvalue weighted by Crippen LogP contribution is 2.15. The highest BCUT2D eigenvalue weighted by atomic mass is 32.2. The quantitative estimate of drug-likeness (QED) is 0.830. The first kappa shape index (κ1) is 15.7. The van der Waals surface area contributed by atoms with Crippen molar-refractivity contribution in [2.45, 2.75) is 31.7 Å². The number of amides is 1. The van der Waals surface area contributed by atoms with Crippen LogP contribution in [-0.2, 0) is 27.8 Å². The predicted molar refractivity (Wildman–Crippen MR) is 73.1 cm³/mol. The third-order valence-electron chi connectivity index (χ3n) is 3.10. The van der Waals surface area contributed by atoms with Crippen LogP contribution >= 0.6 is 0 Å². The molecule has 2 N–H and O–H groups in total. The second-order valence-electron chi connectivity index (χ2n) is 4.94. The molecule has 0 bridgehead atoms. The summed E-state index contributed by atoms with van der Waals surface area (Å²) in [5.41, 5.74) is 1.55. The van der Waals surface area contributed by atoms with E-state index in [9.17, 15) is 13.2 Å². The lowest BCUT2D eigenvalue weighted by Crippen LogP contribution is -2.47. The molecule has 1 aromatic rings. The molecule has 106 valence electrons. The zero-order chi connectivity index (χ0) is 14.7. The number of nitrogens with one attached hydrogen (secondary N) is 1. The number of hydrogen-bond acceptors (Lipinski definition) is 4. The van der Waals surface area contributed by atoms with Gasteiger partial charge in [-0.05, 0) is 25.0 Å². The fourth-order valence-electron chi connectivity index (χ4n) is 1.40. The molecule has 0 spiro atoms. The van der Waals surface area contributed by atoms with Crippen molar-refractivity contribution in [1.82, 2.24) is 5.32 Å². The number of carbonyl (C=O) groups is 1.